The van der Waals surface area contributed by atoms with Gasteiger partial charge in [-0.1, -0.05) is 6.92 Å². The van der Waals surface area contributed by atoms with E-state index in [1.54, 1.807) is 6.20 Å². The number of nitrogens with zero attached hydrogens (tertiary/aromatic N) is 1. The first-order chi connectivity index (χ1) is 6.61. The van der Waals surface area contributed by atoms with Crippen molar-refractivity contribution < 1.29 is 0 Å². The molecule has 0 amide bonds. The maximum absolute atomic E-state index is 5.93. The molecule has 14 heavy (non-hydrogen) atoms. The van der Waals surface area contributed by atoms with Gasteiger partial charge in [0.1, 0.15) is 0 Å². The minimum Gasteiger partial charge on any atom is -0.378 e. The molecule has 3 heteroatoms. The summed E-state index contributed by atoms with van der Waals surface area (Å²) in [5.74, 6) is 0.602. The van der Waals surface area contributed by atoms with E-state index >= 15 is 0 Å². The van der Waals surface area contributed by atoms with Crippen LogP contribution < -0.4 is 5.32 Å². The molecule has 0 spiro atoms. The Bertz CT molecular complexity index is 295. The minimum absolute atomic E-state index is 0.0341. The summed E-state index contributed by atoms with van der Waals surface area (Å²) in [5, 5.41) is 3.45. The fourth-order valence-electron chi connectivity index (χ4n) is 1.16. The van der Waals surface area contributed by atoms with E-state index < -0.39 is 0 Å². The van der Waals surface area contributed by atoms with Crippen LogP contribution in [0.25, 0.3) is 0 Å². The summed E-state index contributed by atoms with van der Waals surface area (Å²) in [4.78, 5) is 4.05. The number of hydrogen-bond acceptors (Lipinski definition) is 2. The number of rotatable bonds is 4. The van der Waals surface area contributed by atoms with Gasteiger partial charge in [-0.15, -0.1) is 11.6 Å². The molecule has 0 aliphatic rings. The van der Waals surface area contributed by atoms with Crippen molar-refractivity contribution in [1.29, 1.82) is 0 Å². The first-order valence-electron chi connectivity index (χ1n) is 4.86. The summed E-state index contributed by atoms with van der Waals surface area (Å²) >= 11 is 5.93. The molecule has 1 aromatic heterocycles. The molecule has 0 saturated heterocycles. The largest absolute Gasteiger partial charge is 0.378 e. The smallest absolute Gasteiger partial charge is 0.0478 e. The van der Waals surface area contributed by atoms with Crippen molar-refractivity contribution in [1.82, 2.24) is 4.98 Å². The molecule has 0 aliphatic heterocycles. The lowest BCUT2D eigenvalue weighted by Crippen LogP contribution is -2.36. The average Bonchev–Trinajstić information content (AvgIpc) is 2.21. The molecule has 0 radical (unpaired) electrons. The minimum atomic E-state index is -0.0341. The first kappa shape index (κ1) is 11.3. The van der Waals surface area contributed by atoms with Crippen LogP contribution in [0.2, 0.25) is 0 Å². The van der Waals surface area contributed by atoms with Gasteiger partial charge in [0.05, 0.1) is 0 Å². The molecule has 0 saturated carbocycles. The summed E-state index contributed by atoms with van der Waals surface area (Å²) in [6.45, 7) is 6.30. The molecule has 1 heterocycles. The molecule has 0 bridgehead atoms. The van der Waals surface area contributed by atoms with E-state index in [9.17, 15) is 0 Å². The second-order valence-corrected chi connectivity index (χ2v) is 4.13. The maximum atomic E-state index is 5.93. The number of pyridine rings is 1. The van der Waals surface area contributed by atoms with E-state index in [0.717, 1.165) is 17.7 Å². The Balaban J connectivity index is 2.82. The molecule has 1 rings (SSSR count). The van der Waals surface area contributed by atoms with Gasteiger partial charge < -0.3 is 5.32 Å². The van der Waals surface area contributed by atoms with Crippen LogP contribution in [-0.4, -0.2) is 16.4 Å². The zero-order chi connectivity index (χ0) is 10.6. The summed E-state index contributed by atoms with van der Waals surface area (Å²) in [7, 11) is 0. The lowest BCUT2D eigenvalue weighted by molar-refractivity contribution is 0.553. The SMILES string of the molecule is CCC(C)(CCl)Nc1ccncc1C. The Morgan fingerprint density at radius 3 is 2.79 bits per heavy atom. The molecule has 1 atom stereocenters. The highest BCUT2D eigenvalue weighted by molar-refractivity contribution is 6.18. The number of anilines is 1. The van der Waals surface area contributed by atoms with Gasteiger partial charge in [-0.25, -0.2) is 0 Å². The van der Waals surface area contributed by atoms with Crippen LogP contribution in [0.5, 0.6) is 0 Å². The van der Waals surface area contributed by atoms with Crippen LogP contribution in [0, 0.1) is 6.92 Å². The van der Waals surface area contributed by atoms with Crippen molar-refractivity contribution in [3.05, 3.63) is 24.0 Å². The van der Waals surface area contributed by atoms with Gasteiger partial charge in [0.2, 0.25) is 0 Å². The first-order valence-corrected chi connectivity index (χ1v) is 5.39. The van der Waals surface area contributed by atoms with Gasteiger partial charge in [0.15, 0.2) is 0 Å². The monoisotopic (exact) mass is 212 g/mol. The van der Waals surface area contributed by atoms with Crippen LogP contribution in [0.3, 0.4) is 0 Å². The van der Waals surface area contributed by atoms with Crippen LogP contribution in [-0.2, 0) is 0 Å². The number of hydrogen-bond donors (Lipinski definition) is 1. The Kier molecular flexibility index (Phi) is 3.76. The third-order valence-corrected chi connectivity index (χ3v) is 3.12. The van der Waals surface area contributed by atoms with Gasteiger partial charge in [-0.3, -0.25) is 4.98 Å². The second-order valence-electron chi connectivity index (χ2n) is 3.86. The van der Waals surface area contributed by atoms with Crippen LogP contribution >= 0.6 is 11.6 Å². The standard InChI is InChI=1S/C11H17ClN2/c1-4-11(3,8-12)14-10-5-6-13-7-9(10)2/h5-7H,4,8H2,1-3H3,(H,13,14). The molecule has 78 valence electrons. The van der Waals surface area contributed by atoms with Crippen LogP contribution in [0.4, 0.5) is 5.69 Å². The van der Waals surface area contributed by atoms with Gasteiger partial charge in [-0.05, 0) is 31.9 Å². The lowest BCUT2D eigenvalue weighted by atomic mass is 10.0. The van der Waals surface area contributed by atoms with E-state index in [-0.39, 0.29) is 5.54 Å². The van der Waals surface area contributed by atoms with Gasteiger partial charge in [0.25, 0.3) is 0 Å². The van der Waals surface area contributed by atoms with Crippen molar-refractivity contribution in [2.45, 2.75) is 32.7 Å². The quantitative estimate of drug-likeness (QED) is 0.776. The van der Waals surface area contributed by atoms with Crippen molar-refractivity contribution in [2.75, 3.05) is 11.2 Å². The number of halogens is 1. The van der Waals surface area contributed by atoms with Crippen LogP contribution in [0.15, 0.2) is 18.5 Å². The molecule has 1 N–H and O–H groups in total. The molecule has 2 nitrogen and oxygen atoms in total. The third kappa shape index (κ3) is 2.61. The zero-order valence-corrected chi connectivity index (χ0v) is 9.73. The zero-order valence-electron chi connectivity index (χ0n) is 8.97. The topological polar surface area (TPSA) is 24.9 Å². The number of aromatic nitrogens is 1. The number of alkyl halides is 1. The predicted molar refractivity (Wildman–Crippen MR) is 62.0 cm³/mol. The van der Waals surface area contributed by atoms with Crippen molar-refractivity contribution in [2.24, 2.45) is 0 Å². The fourth-order valence-corrected chi connectivity index (χ4v) is 1.41. The molecule has 0 aliphatic carbocycles. The lowest BCUT2D eigenvalue weighted by Gasteiger charge is -2.29. The maximum Gasteiger partial charge on any atom is 0.0478 e. The normalized spacial score (nSPS) is 14.9. The summed E-state index contributed by atoms with van der Waals surface area (Å²) in [6, 6.07) is 1.98. The molecule has 1 unspecified atom stereocenters. The highest BCUT2D eigenvalue weighted by atomic mass is 35.5. The third-order valence-electron chi connectivity index (χ3n) is 2.53. The highest BCUT2D eigenvalue weighted by Gasteiger charge is 2.20. The van der Waals surface area contributed by atoms with E-state index in [4.69, 9.17) is 11.6 Å². The average molecular weight is 213 g/mol. The molecular formula is C11H17ClN2. The van der Waals surface area contributed by atoms with Crippen molar-refractivity contribution >= 4 is 17.3 Å². The Hall–Kier alpha value is -0.760. The summed E-state index contributed by atoms with van der Waals surface area (Å²) in [6.07, 6.45) is 4.64. The van der Waals surface area contributed by atoms with Crippen molar-refractivity contribution in [3.8, 4) is 0 Å². The predicted octanol–water partition coefficient (Wildman–Crippen LogP) is 3.21. The van der Waals surface area contributed by atoms with Gasteiger partial charge in [-0.2, -0.15) is 0 Å². The van der Waals surface area contributed by atoms with Crippen LogP contribution in [0.1, 0.15) is 25.8 Å². The van der Waals surface area contributed by atoms with E-state index in [0.29, 0.717) is 5.88 Å². The summed E-state index contributed by atoms with van der Waals surface area (Å²) in [5.41, 5.74) is 2.23. The Morgan fingerprint density at radius 1 is 1.57 bits per heavy atom. The fraction of sp³-hybridized carbons (Fsp3) is 0.545. The van der Waals surface area contributed by atoms with E-state index in [2.05, 4.69) is 24.1 Å². The van der Waals surface area contributed by atoms with E-state index in [1.165, 1.54) is 0 Å². The molecule has 1 aromatic rings. The Labute approximate surface area is 90.7 Å². The molecule has 0 aromatic carbocycles. The van der Waals surface area contributed by atoms with Gasteiger partial charge >= 0.3 is 0 Å². The second kappa shape index (κ2) is 4.65. The van der Waals surface area contributed by atoms with Gasteiger partial charge in [0, 0.05) is 29.5 Å². The Morgan fingerprint density at radius 2 is 2.29 bits per heavy atom. The number of aryl methyl sites for hydroxylation is 1. The molecule has 0 fully saturated rings. The highest BCUT2D eigenvalue weighted by Crippen LogP contribution is 2.21. The van der Waals surface area contributed by atoms with E-state index in [1.807, 2.05) is 19.2 Å². The number of nitrogens with one attached hydrogen (secondary N) is 1. The summed E-state index contributed by atoms with van der Waals surface area (Å²) < 4.78 is 0. The molecular weight excluding hydrogens is 196 g/mol. The van der Waals surface area contributed by atoms with Crippen molar-refractivity contribution in [3.63, 3.8) is 0 Å².